The Bertz CT molecular complexity index is 558. The monoisotopic (exact) mass is 277 g/mol. The van der Waals surface area contributed by atoms with Gasteiger partial charge in [0.15, 0.2) is 0 Å². The molecule has 0 saturated carbocycles. The highest BCUT2D eigenvalue weighted by Gasteiger charge is 2.30. The number of carbonyl (C=O) groups is 3. The minimum atomic E-state index is -1.11. The van der Waals surface area contributed by atoms with Gasteiger partial charge in [0, 0.05) is 13.1 Å². The quantitative estimate of drug-likeness (QED) is 0.755. The van der Waals surface area contributed by atoms with Gasteiger partial charge < -0.3 is 21.1 Å². The lowest BCUT2D eigenvalue weighted by molar-refractivity contribution is -0.121. The van der Waals surface area contributed by atoms with Crippen LogP contribution in [0.3, 0.4) is 0 Å². The van der Waals surface area contributed by atoms with Crippen LogP contribution in [0.15, 0.2) is 24.3 Å². The highest BCUT2D eigenvalue weighted by molar-refractivity contribution is 6.00. The molecule has 20 heavy (non-hydrogen) atoms. The van der Waals surface area contributed by atoms with Gasteiger partial charge in [-0.1, -0.05) is 12.1 Å². The molecule has 1 aromatic carbocycles. The molecule has 7 nitrogen and oxygen atoms in total. The number of nitrogens with one attached hydrogen (secondary N) is 1. The van der Waals surface area contributed by atoms with Crippen molar-refractivity contribution in [2.45, 2.75) is 6.42 Å². The number of urea groups is 1. The molecule has 2 rings (SSSR count). The minimum absolute atomic E-state index is 0.0199. The number of nitrogens with two attached hydrogens (primary N) is 1. The van der Waals surface area contributed by atoms with Gasteiger partial charge in [0.05, 0.1) is 17.2 Å². The molecule has 7 heteroatoms. The summed E-state index contributed by atoms with van der Waals surface area (Å²) in [5, 5.41) is 11.6. The molecule has 0 radical (unpaired) electrons. The fraction of sp³-hybridized carbons (Fsp3) is 0.308. The smallest absolute Gasteiger partial charge is 0.337 e. The van der Waals surface area contributed by atoms with Gasteiger partial charge in [-0.2, -0.15) is 0 Å². The van der Waals surface area contributed by atoms with E-state index in [2.05, 4.69) is 5.32 Å². The maximum Gasteiger partial charge on any atom is 0.337 e. The van der Waals surface area contributed by atoms with Crippen molar-refractivity contribution < 1.29 is 19.5 Å². The first-order valence-electron chi connectivity index (χ1n) is 6.16. The second kappa shape index (κ2) is 5.60. The molecular weight excluding hydrogens is 262 g/mol. The van der Waals surface area contributed by atoms with E-state index in [9.17, 15) is 14.4 Å². The molecule has 0 spiro atoms. The van der Waals surface area contributed by atoms with E-state index in [0.717, 1.165) is 0 Å². The highest BCUT2D eigenvalue weighted by atomic mass is 16.4. The predicted octanol–water partition coefficient (Wildman–Crippen LogP) is 0.724. The number of carboxylic acid groups (broad SMARTS) is 1. The van der Waals surface area contributed by atoms with Crippen LogP contribution in [0.4, 0.5) is 10.5 Å². The third-order valence-corrected chi connectivity index (χ3v) is 3.28. The number of rotatable bonds is 3. The van der Waals surface area contributed by atoms with Crippen LogP contribution in [0.1, 0.15) is 16.8 Å². The molecule has 0 aliphatic carbocycles. The Morgan fingerprint density at radius 1 is 1.30 bits per heavy atom. The second-order valence-electron chi connectivity index (χ2n) is 4.61. The summed E-state index contributed by atoms with van der Waals surface area (Å²) >= 11 is 0. The predicted molar refractivity (Wildman–Crippen MR) is 71.3 cm³/mol. The Labute approximate surface area is 115 Å². The van der Waals surface area contributed by atoms with Crippen LogP contribution >= 0.6 is 0 Å². The van der Waals surface area contributed by atoms with Gasteiger partial charge >= 0.3 is 12.0 Å². The molecule has 1 atom stereocenters. The number of anilines is 1. The van der Waals surface area contributed by atoms with Gasteiger partial charge in [-0.3, -0.25) is 4.79 Å². The van der Waals surface area contributed by atoms with Crippen molar-refractivity contribution in [2.24, 2.45) is 11.7 Å². The van der Waals surface area contributed by atoms with Crippen LogP contribution in [0.2, 0.25) is 0 Å². The minimum Gasteiger partial charge on any atom is -0.478 e. The third-order valence-electron chi connectivity index (χ3n) is 3.28. The van der Waals surface area contributed by atoms with E-state index in [0.29, 0.717) is 13.0 Å². The summed E-state index contributed by atoms with van der Waals surface area (Å²) in [6, 6.07) is 5.72. The molecule has 1 saturated heterocycles. The Balaban J connectivity index is 2.06. The molecule has 0 aromatic heterocycles. The Kier molecular flexibility index (Phi) is 3.88. The first-order valence-corrected chi connectivity index (χ1v) is 6.16. The number of para-hydroxylation sites is 1. The van der Waals surface area contributed by atoms with Gasteiger partial charge in [0.25, 0.3) is 0 Å². The number of benzene rings is 1. The molecule has 1 aliphatic rings. The summed E-state index contributed by atoms with van der Waals surface area (Å²) in [7, 11) is 0. The van der Waals surface area contributed by atoms with Crippen molar-refractivity contribution in [3.8, 4) is 0 Å². The van der Waals surface area contributed by atoms with Crippen LogP contribution < -0.4 is 11.1 Å². The Hall–Kier alpha value is -2.57. The van der Waals surface area contributed by atoms with E-state index in [4.69, 9.17) is 10.8 Å². The fourth-order valence-corrected chi connectivity index (χ4v) is 2.15. The molecule has 1 unspecified atom stereocenters. The third kappa shape index (κ3) is 2.87. The molecule has 1 aromatic rings. The zero-order valence-electron chi connectivity index (χ0n) is 10.7. The molecule has 1 aliphatic heterocycles. The number of hydrogen-bond acceptors (Lipinski definition) is 3. The van der Waals surface area contributed by atoms with Crippen LogP contribution in [0.5, 0.6) is 0 Å². The summed E-state index contributed by atoms with van der Waals surface area (Å²) in [5.74, 6) is -1.88. The first-order chi connectivity index (χ1) is 9.49. The van der Waals surface area contributed by atoms with E-state index in [-0.39, 0.29) is 23.7 Å². The highest BCUT2D eigenvalue weighted by Crippen LogP contribution is 2.19. The SMILES string of the molecule is NC(=O)C1CCN(C(=O)Nc2ccccc2C(=O)O)C1. The lowest BCUT2D eigenvalue weighted by atomic mass is 10.1. The van der Waals surface area contributed by atoms with Crippen LogP contribution in [-0.4, -0.2) is 41.0 Å². The maximum atomic E-state index is 12.0. The van der Waals surface area contributed by atoms with E-state index in [1.54, 1.807) is 12.1 Å². The van der Waals surface area contributed by atoms with Crippen molar-refractivity contribution in [2.75, 3.05) is 18.4 Å². The standard InChI is InChI=1S/C13H15N3O4/c14-11(17)8-5-6-16(7-8)13(20)15-10-4-2-1-3-9(10)12(18)19/h1-4,8H,5-7H2,(H2,14,17)(H,15,20)(H,18,19). The lowest BCUT2D eigenvalue weighted by Gasteiger charge is -2.17. The number of carbonyl (C=O) groups excluding carboxylic acids is 2. The van der Waals surface area contributed by atoms with Crippen LogP contribution in [-0.2, 0) is 4.79 Å². The van der Waals surface area contributed by atoms with E-state index >= 15 is 0 Å². The number of hydrogen-bond donors (Lipinski definition) is 3. The van der Waals surface area contributed by atoms with Gasteiger partial charge in [-0.25, -0.2) is 9.59 Å². The topological polar surface area (TPSA) is 113 Å². The molecule has 3 amide bonds. The molecule has 4 N–H and O–H groups in total. The number of carboxylic acids is 1. The zero-order chi connectivity index (χ0) is 14.7. The normalized spacial score (nSPS) is 17.8. The van der Waals surface area contributed by atoms with Crippen LogP contribution in [0.25, 0.3) is 0 Å². The summed E-state index contributed by atoms with van der Waals surface area (Å²) < 4.78 is 0. The number of aromatic carboxylic acids is 1. The largest absolute Gasteiger partial charge is 0.478 e. The lowest BCUT2D eigenvalue weighted by Crippen LogP contribution is -2.35. The maximum absolute atomic E-state index is 12.0. The summed E-state index contributed by atoms with van der Waals surface area (Å²) in [6.45, 7) is 0.686. The Morgan fingerprint density at radius 3 is 2.60 bits per heavy atom. The number of likely N-dealkylation sites (tertiary alicyclic amines) is 1. The number of nitrogens with zero attached hydrogens (tertiary/aromatic N) is 1. The zero-order valence-corrected chi connectivity index (χ0v) is 10.7. The van der Waals surface area contributed by atoms with Crippen molar-refractivity contribution in [1.82, 2.24) is 4.90 Å². The van der Waals surface area contributed by atoms with Crippen molar-refractivity contribution >= 4 is 23.6 Å². The summed E-state index contributed by atoms with van der Waals surface area (Å²) in [4.78, 5) is 35.6. The molecular formula is C13H15N3O4. The number of primary amides is 1. The Morgan fingerprint density at radius 2 is 2.00 bits per heavy atom. The molecule has 0 bridgehead atoms. The van der Waals surface area contributed by atoms with Crippen molar-refractivity contribution in [1.29, 1.82) is 0 Å². The fourth-order valence-electron chi connectivity index (χ4n) is 2.15. The molecule has 1 heterocycles. The average molecular weight is 277 g/mol. The van der Waals surface area contributed by atoms with E-state index in [1.165, 1.54) is 17.0 Å². The number of amides is 3. The van der Waals surface area contributed by atoms with Crippen LogP contribution in [0, 0.1) is 5.92 Å². The van der Waals surface area contributed by atoms with Gasteiger partial charge in [-0.15, -0.1) is 0 Å². The van der Waals surface area contributed by atoms with Gasteiger partial charge in [0.1, 0.15) is 0 Å². The van der Waals surface area contributed by atoms with E-state index < -0.39 is 17.9 Å². The average Bonchev–Trinajstić information content (AvgIpc) is 2.89. The molecule has 106 valence electrons. The van der Waals surface area contributed by atoms with Gasteiger partial charge in [0.2, 0.25) is 5.91 Å². The molecule has 1 fully saturated rings. The summed E-state index contributed by atoms with van der Waals surface area (Å²) in [6.07, 6.45) is 0.531. The summed E-state index contributed by atoms with van der Waals surface area (Å²) in [5.41, 5.74) is 5.45. The second-order valence-corrected chi connectivity index (χ2v) is 4.61. The first kappa shape index (κ1) is 13.9. The van der Waals surface area contributed by atoms with Crippen molar-refractivity contribution in [3.63, 3.8) is 0 Å². The van der Waals surface area contributed by atoms with E-state index in [1.807, 2.05) is 0 Å². The van der Waals surface area contributed by atoms with Gasteiger partial charge in [-0.05, 0) is 18.6 Å². The van der Waals surface area contributed by atoms with Crippen molar-refractivity contribution in [3.05, 3.63) is 29.8 Å².